The Labute approximate surface area is 898 Å². The maximum Gasteiger partial charge on any atom is 2.00 e. The number of nitrogens with zero attached hydrogens (tertiary/aromatic N) is 10. The first-order valence-electron chi connectivity index (χ1n) is 44.4. The SMILES string of the molecule is CCCCCCc1ccc(-n2ccnc2-c2[c-]cccc2)cc1.CCCCCCc1ccc(-n2ccnc2-c2[c-]cccc2)cc1.CCCCCCc1ccc(-n2ccnc2-c2ccccc2)cc1.CCCCCCc1ccc(-n2ccnc2-c2ccccc2)cc1.Fc1ccc(-n2ccnc2-c2ccccc2)cc1.O.O.O.O=C(O)C(F)(F)F.[Ag].[Br-].[CH2-]CCCCC.[Cl][Ir+][Cl].[Cl][Ir]([Cl])[Cl].[Ir].[Mg+2]. The number of hydrogen-bond acceptors (Lipinski definition) is 6. The molecule has 10 aromatic carbocycles. The summed E-state index contributed by atoms with van der Waals surface area (Å²) in [6, 6.07) is 94.8. The van der Waals surface area contributed by atoms with Gasteiger partial charge in [0, 0.05) is 150 Å². The van der Waals surface area contributed by atoms with Gasteiger partial charge in [-0.05, 0) is 146 Å². The molecule has 30 heteroatoms. The van der Waals surface area contributed by atoms with Crippen LogP contribution in [0.3, 0.4) is 0 Å². The van der Waals surface area contributed by atoms with Crippen LogP contribution in [0.1, 0.15) is 185 Å². The molecule has 5 aromatic heterocycles. The monoisotopic (exact) mass is 2670 g/mol. The van der Waals surface area contributed by atoms with Gasteiger partial charge in [0.05, 0.1) is 11.6 Å². The van der Waals surface area contributed by atoms with Crippen LogP contribution < -0.4 is 17.0 Å². The minimum absolute atomic E-state index is 0. The van der Waals surface area contributed by atoms with E-state index in [0.717, 1.165) is 80.4 Å². The molecule has 15 nitrogen and oxygen atoms in total. The number of aryl methyl sites for hydroxylation is 4. The van der Waals surface area contributed by atoms with Crippen molar-refractivity contribution < 1.29 is 132 Å². The average molecular weight is 2670 g/mol. The van der Waals surface area contributed by atoms with Crippen molar-refractivity contribution >= 4 is 76.9 Å². The summed E-state index contributed by atoms with van der Waals surface area (Å²) in [5.74, 6) is 1.69. The quantitative estimate of drug-likeness (QED) is 0.0181. The number of unbranched alkanes of at least 4 members (excludes halogenated alkanes) is 15. The Morgan fingerprint density at radius 1 is 0.372 bits per heavy atom. The number of aromatic nitrogens is 10. The maximum absolute atomic E-state index is 12.9. The third kappa shape index (κ3) is 48.8. The topological polar surface area (TPSA) is 221 Å². The van der Waals surface area contributed by atoms with E-state index in [0.29, 0.717) is 0 Å². The fourth-order valence-electron chi connectivity index (χ4n) is 13.8. The zero-order chi connectivity index (χ0) is 93.2. The summed E-state index contributed by atoms with van der Waals surface area (Å²) in [6.45, 7) is 14.9. The Balaban J connectivity index is 0.00000159. The molecule has 7 N–H and O–H groups in total. The van der Waals surface area contributed by atoms with Gasteiger partial charge in [-0.25, -0.2) is 24.1 Å². The number of carbonyl (C=O) groups is 1. The first-order valence-corrected chi connectivity index (χ1v) is 59.2. The molecule has 0 aliphatic rings. The predicted molar refractivity (Wildman–Crippen MR) is 543 cm³/mol. The average Bonchev–Trinajstić information content (AvgIpc) is 1.76. The minimum Gasteiger partial charge on any atom is 0 e. The number of halogens is 10. The van der Waals surface area contributed by atoms with E-state index in [2.05, 4.69) is 218 Å². The van der Waals surface area contributed by atoms with Crippen molar-refractivity contribution in [3.05, 3.63) is 370 Å². The normalized spacial score (nSPS) is 10.1. The van der Waals surface area contributed by atoms with Gasteiger partial charge in [0.2, 0.25) is 0 Å². The Morgan fingerprint density at radius 3 is 0.788 bits per heavy atom. The fourth-order valence-corrected chi connectivity index (χ4v) is 13.8. The molecule has 0 aliphatic heterocycles. The molecule has 0 fully saturated rings. The van der Waals surface area contributed by atoms with E-state index in [1.807, 2.05) is 176 Å². The van der Waals surface area contributed by atoms with Crippen molar-refractivity contribution in [1.82, 2.24) is 47.8 Å². The largest absolute Gasteiger partial charge is 2.00 e. The van der Waals surface area contributed by atoms with E-state index in [1.54, 1.807) is 18.3 Å². The number of hydrogen-bond donors (Lipinski definition) is 1. The van der Waals surface area contributed by atoms with Gasteiger partial charge in [0.15, 0.2) is 0 Å². The molecule has 0 spiro atoms. The number of carboxylic acid groups (broad SMARTS) is 1. The van der Waals surface area contributed by atoms with Crippen LogP contribution in [0.25, 0.3) is 85.4 Å². The van der Waals surface area contributed by atoms with Crippen LogP contribution in [0.5, 0.6) is 0 Å². The zero-order valence-corrected chi connectivity index (χ0v) is 93.3. The molecule has 2 radical (unpaired) electrons. The molecular weight excluding hydrogens is 2550 g/mol. The van der Waals surface area contributed by atoms with Crippen molar-refractivity contribution in [3.63, 3.8) is 0 Å². The predicted octanol–water partition coefficient (Wildman–Crippen LogP) is 26.5. The summed E-state index contributed by atoms with van der Waals surface area (Å²) in [5.41, 5.74) is 16.5. The van der Waals surface area contributed by atoms with Gasteiger partial charge in [-0.1, -0.05) is 270 Å². The van der Waals surface area contributed by atoms with E-state index < -0.39 is 41.3 Å². The maximum atomic E-state index is 12.9. The van der Waals surface area contributed by atoms with Gasteiger partial charge >= 0.3 is 112 Å². The molecule has 0 atom stereocenters. The molecule has 0 saturated carbocycles. The standard InChI is InChI=1S/2C21H24N2.2C21H23N2.C15H11FN2.C6H13.C2HF3O2.Ag.BrH.5ClH.3Ir.Mg.3H2O/c4*1-2-3-4-6-9-18-12-14-20(15-13-18)23-17-16-22-21(23)19-10-7-5-8-11-19;16-13-6-8-14(9-7-13)18-11-10-17-15(18)12-4-2-1-3-5-12;1-3-5-6-4-2;3-2(4,5)1(6)7;;;;;;;;;;;;;;/h2*5,7-8,10-17H,2-4,6,9H2,1H3;2*5,7-8,10,12-17H,2-4,6,9H2,1H3;1-11H;1,3-6H2,2H3;(H,6,7);;6*1H;;;;;3*1H2/q;;2*-1;;-1;;;;;;;;;;2*+3;+2;;;/p-6. The first-order chi connectivity index (χ1) is 63.4. The second-order valence-electron chi connectivity index (χ2n) is 30.2. The van der Waals surface area contributed by atoms with Crippen LogP contribution in [0.15, 0.2) is 323 Å². The molecule has 5 heterocycles. The van der Waals surface area contributed by atoms with Gasteiger partial charge < -0.3 is 54.6 Å². The molecule has 0 saturated heterocycles. The van der Waals surface area contributed by atoms with Crippen molar-refractivity contribution in [2.75, 3.05) is 0 Å². The van der Waals surface area contributed by atoms with E-state index in [-0.39, 0.29) is 105 Å². The van der Waals surface area contributed by atoms with Crippen LogP contribution in [-0.2, 0) is 102 Å². The molecular formula is C107H125AgBrCl5F4Ir3MgN10O5-. The van der Waals surface area contributed by atoms with Crippen LogP contribution in [0.4, 0.5) is 17.6 Å². The third-order valence-corrected chi connectivity index (χ3v) is 20.5. The molecule has 15 rings (SSSR count). The Hall–Kier alpha value is -7.30. The molecule has 15 aromatic rings. The molecule has 744 valence electrons. The van der Waals surface area contributed by atoms with Gasteiger partial charge in [-0.15, -0.1) is 71.8 Å². The third-order valence-electron chi connectivity index (χ3n) is 20.5. The molecule has 0 amide bonds. The summed E-state index contributed by atoms with van der Waals surface area (Å²) in [7, 11) is 24.7. The van der Waals surface area contributed by atoms with Crippen molar-refractivity contribution in [2.45, 2.75) is 195 Å². The van der Waals surface area contributed by atoms with Gasteiger partial charge in [-0.2, -0.15) is 19.6 Å². The van der Waals surface area contributed by atoms with E-state index >= 15 is 0 Å². The fraction of sp³-hybridized carbons (Fsp3) is 0.280. The second-order valence-corrected chi connectivity index (χ2v) is 44.0. The Morgan fingerprint density at radius 2 is 0.584 bits per heavy atom. The Kier molecular flexibility index (Phi) is 73.3. The second kappa shape index (κ2) is 77.4. The van der Waals surface area contributed by atoms with Crippen LogP contribution in [-0.4, -0.2) is 104 Å². The summed E-state index contributed by atoms with van der Waals surface area (Å²) < 4.78 is 55.1. The number of carboxylic acids is 1. The van der Waals surface area contributed by atoms with Crippen molar-refractivity contribution in [2.24, 2.45) is 0 Å². The van der Waals surface area contributed by atoms with Gasteiger partial charge in [-0.3, -0.25) is 23.7 Å². The van der Waals surface area contributed by atoms with Crippen molar-refractivity contribution in [1.29, 1.82) is 0 Å². The van der Waals surface area contributed by atoms with Gasteiger partial charge in [0.25, 0.3) is 0 Å². The smallest absolute Gasteiger partial charge is 0 e. The summed E-state index contributed by atoms with van der Waals surface area (Å²) >= 11 is -2.47. The number of aliphatic carboxylic acids is 1. The number of imidazole rings is 5. The summed E-state index contributed by atoms with van der Waals surface area (Å²) in [5, 5.41) is 7.12. The number of alkyl halides is 3. The number of rotatable bonds is 33. The first kappa shape index (κ1) is 130. The zero-order valence-electron chi connectivity index (χ0n) is 77.9. The molecule has 0 aliphatic carbocycles. The van der Waals surface area contributed by atoms with Crippen LogP contribution in [0, 0.1) is 24.9 Å². The van der Waals surface area contributed by atoms with Gasteiger partial charge in [0.1, 0.15) is 23.3 Å². The number of benzene rings is 10. The van der Waals surface area contributed by atoms with Crippen molar-refractivity contribution in [3.8, 4) is 85.4 Å². The minimum atomic E-state index is -5.08. The van der Waals surface area contributed by atoms with Crippen LogP contribution in [0.2, 0.25) is 0 Å². The van der Waals surface area contributed by atoms with E-state index in [4.69, 9.17) is 57.8 Å². The van der Waals surface area contributed by atoms with E-state index in [1.165, 1.54) is 193 Å². The van der Waals surface area contributed by atoms with E-state index in [9.17, 15) is 17.6 Å². The van der Waals surface area contributed by atoms with Crippen LogP contribution >= 0.6 is 47.9 Å². The summed E-state index contributed by atoms with van der Waals surface area (Å²) in [6.07, 6.45) is 44.7. The Bertz CT molecular complexity index is 4940. The molecule has 0 bridgehead atoms. The summed E-state index contributed by atoms with van der Waals surface area (Å²) in [4.78, 5) is 31.3. The molecule has 137 heavy (non-hydrogen) atoms. The molecule has 0 unspecified atom stereocenters.